The highest BCUT2D eigenvalue weighted by molar-refractivity contribution is 6.03. The summed E-state index contributed by atoms with van der Waals surface area (Å²) in [7, 11) is 1.30. The van der Waals surface area contributed by atoms with Gasteiger partial charge in [-0.15, -0.1) is 0 Å². The SMILES string of the molecule is COC(=O)C1(C(=O)NCC(C)(C)C2CCC2)COC1. The second-order valence-corrected chi connectivity index (χ2v) is 6.37. The van der Waals surface area contributed by atoms with E-state index in [9.17, 15) is 9.59 Å². The fourth-order valence-corrected chi connectivity index (χ4v) is 2.65. The van der Waals surface area contributed by atoms with Crippen LogP contribution >= 0.6 is 0 Å². The number of rotatable bonds is 5. The van der Waals surface area contributed by atoms with Gasteiger partial charge in [-0.3, -0.25) is 9.59 Å². The van der Waals surface area contributed by atoms with E-state index < -0.39 is 11.4 Å². The molecule has 2 aliphatic rings. The molecule has 19 heavy (non-hydrogen) atoms. The second kappa shape index (κ2) is 5.12. The summed E-state index contributed by atoms with van der Waals surface area (Å²) >= 11 is 0. The average Bonchev–Trinajstić information content (AvgIpc) is 2.21. The van der Waals surface area contributed by atoms with Gasteiger partial charge < -0.3 is 14.8 Å². The topological polar surface area (TPSA) is 64.6 Å². The van der Waals surface area contributed by atoms with Crippen LogP contribution in [0.25, 0.3) is 0 Å². The molecule has 0 bridgehead atoms. The summed E-state index contributed by atoms with van der Waals surface area (Å²) in [6.07, 6.45) is 3.74. The van der Waals surface area contributed by atoms with Crippen LogP contribution < -0.4 is 5.32 Å². The van der Waals surface area contributed by atoms with Crippen molar-refractivity contribution in [2.45, 2.75) is 33.1 Å². The Labute approximate surface area is 114 Å². The minimum absolute atomic E-state index is 0.0792. The van der Waals surface area contributed by atoms with Gasteiger partial charge in [0.15, 0.2) is 5.41 Å². The first-order valence-corrected chi connectivity index (χ1v) is 6.87. The van der Waals surface area contributed by atoms with Crippen LogP contribution in [0.15, 0.2) is 0 Å². The second-order valence-electron chi connectivity index (χ2n) is 6.37. The van der Waals surface area contributed by atoms with Crippen molar-refractivity contribution >= 4 is 11.9 Å². The van der Waals surface area contributed by atoms with Gasteiger partial charge in [0, 0.05) is 6.54 Å². The molecule has 1 amide bonds. The predicted molar refractivity (Wildman–Crippen MR) is 69.4 cm³/mol. The number of esters is 1. The number of ether oxygens (including phenoxy) is 2. The zero-order chi connectivity index (χ0) is 14.1. The quantitative estimate of drug-likeness (QED) is 0.600. The van der Waals surface area contributed by atoms with Crippen LogP contribution in [0, 0.1) is 16.7 Å². The van der Waals surface area contributed by atoms with Crippen LogP contribution in [0.5, 0.6) is 0 Å². The Balaban J connectivity index is 1.91. The normalized spacial score (nSPS) is 22.1. The Morgan fingerprint density at radius 1 is 1.37 bits per heavy atom. The van der Waals surface area contributed by atoms with Gasteiger partial charge in [0.2, 0.25) is 5.91 Å². The lowest BCUT2D eigenvalue weighted by Gasteiger charge is -2.42. The maximum Gasteiger partial charge on any atom is 0.326 e. The molecule has 1 saturated carbocycles. The standard InChI is InChI=1S/C14H23NO4/c1-13(2,10-5-4-6-10)7-15-11(16)14(8-19-9-14)12(17)18-3/h10H,4-9H2,1-3H3,(H,15,16). The summed E-state index contributed by atoms with van der Waals surface area (Å²) < 4.78 is 9.74. The molecule has 5 heteroatoms. The number of carbonyl (C=O) groups excluding carboxylic acids is 2. The largest absolute Gasteiger partial charge is 0.468 e. The Bertz CT molecular complexity index is 370. The van der Waals surface area contributed by atoms with Crippen LogP contribution in [0.1, 0.15) is 33.1 Å². The average molecular weight is 269 g/mol. The van der Waals surface area contributed by atoms with Crippen LogP contribution in [0.3, 0.4) is 0 Å². The Hall–Kier alpha value is -1.10. The van der Waals surface area contributed by atoms with Gasteiger partial charge in [-0.2, -0.15) is 0 Å². The molecule has 5 nitrogen and oxygen atoms in total. The van der Waals surface area contributed by atoms with Gasteiger partial charge in [0.1, 0.15) is 0 Å². The smallest absolute Gasteiger partial charge is 0.326 e. The molecule has 0 atom stereocenters. The maximum atomic E-state index is 12.2. The lowest BCUT2D eigenvalue weighted by atomic mass is 9.67. The molecule has 0 aromatic carbocycles. The lowest BCUT2D eigenvalue weighted by molar-refractivity contribution is -0.188. The van der Waals surface area contributed by atoms with E-state index in [0.29, 0.717) is 12.5 Å². The molecule has 1 saturated heterocycles. The number of hydrogen-bond donors (Lipinski definition) is 1. The van der Waals surface area contributed by atoms with E-state index in [1.807, 2.05) is 0 Å². The first kappa shape index (κ1) is 14.3. The van der Waals surface area contributed by atoms with E-state index in [1.54, 1.807) is 0 Å². The number of nitrogens with one attached hydrogen (secondary N) is 1. The lowest BCUT2D eigenvalue weighted by Crippen LogP contribution is -2.60. The first-order valence-electron chi connectivity index (χ1n) is 6.87. The van der Waals surface area contributed by atoms with Crippen LogP contribution in [-0.2, 0) is 19.1 Å². The molecule has 2 rings (SSSR count). The summed E-state index contributed by atoms with van der Waals surface area (Å²) in [6, 6.07) is 0. The molecule has 0 radical (unpaired) electrons. The third kappa shape index (κ3) is 2.48. The molecule has 0 spiro atoms. The summed E-state index contributed by atoms with van der Waals surface area (Å²) in [5, 5.41) is 2.91. The van der Waals surface area contributed by atoms with Gasteiger partial charge >= 0.3 is 5.97 Å². The molecule has 1 heterocycles. The van der Waals surface area contributed by atoms with E-state index in [0.717, 1.165) is 0 Å². The van der Waals surface area contributed by atoms with E-state index in [2.05, 4.69) is 19.2 Å². The number of amides is 1. The molecule has 1 N–H and O–H groups in total. The third-order valence-electron chi connectivity index (χ3n) is 4.62. The minimum atomic E-state index is -1.12. The summed E-state index contributed by atoms with van der Waals surface area (Å²) in [6.45, 7) is 5.17. The zero-order valence-corrected chi connectivity index (χ0v) is 12.0. The van der Waals surface area contributed by atoms with Crippen molar-refractivity contribution in [2.24, 2.45) is 16.7 Å². The van der Waals surface area contributed by atoms with Gasteiger partial charge in [0.25, 0.3) is 0 Å². The van der Waals surface area contributed by atoms with Crippen molar-refractivity contribution in [2.75, 3.05) is 26.9 Å². The molecule has 0 unspecified atom stereocenters. The Morgan fingerprint density at radius 3 is 2.37 bits per heavy atom. The fraction of sp³-hybridized carbons (Fsp3) is 0.857. The number of carbonyl (C=O) groups is 2. The molecule has 1 aliphatic carbocycles. The molecule has 108 valence electrons. The third-order valence-corrected chi connectivity index (χ3v) is 4.62. The van der Waals surface area contributed by atoms with Crippen molar-refractivity contribution in [3.05, 3.63) is 0 Å². The maximum absolute atomic E-state index is 12.2. The van der Waals surface area contributed by atoms with Crippen molar-refractivity contribution < 1.29 is 19.1 Å². The number of hydrogen-bond acceptors (Lipinski definition) is 4. The van der Waals surface area contributed by atoms with Gasteiger partial charge in [-0.25, -0.2) is 0 Å². The molecule has 1 aliphatic heterocycles. The van der Waals surface area contributed by atoms with Gasteiger partial charge in [-0.1, -0.05) is 20.3 Å². The first-order chi connectivity index (χ1) is 8.92. The van der Waals surface area contributed by atoms with E-state index in [1.165, 1.54) is 26.4 Å². The predicted octanol–water partition coefficient (Wildman–Crippen LogP) is 1.12. The monoisotopic (exact) mass is 269 g/mol. The van der Waals surface area contributed by atoms with E-state index in [4.69, 9.17) is 9.47 Å². The van der Waals surface area contributed by atoms with Crippen molar-refractivity contribution in [3.8, 4) is 0 Å². The summed E-state index contributed by atoms with van der Waals surface area (Å²) in [5.74, 6) is -0.102. The molecular formula is C14H23NO4. The molecular weight excluding hydrogens is 246 g/mol. The fourth-order valence-electron chi connectivity index (χ4n) is 2.65. The van der Waals surface area contributed by atoms with Crippen LogP contribution in [-0.4, -0.2) is 38.7 Å². The number of methoxy groups -OCH3 is 1. The highest BCUT2D eigenvalue weighted by Crippen LogP contribution is 2.41. The zero-order valence-electron chi connectivity index (χ0n) is 12.0. The molecule has 0 aromatic rings. The minimum Gasteiger partial charge on any atom is -0.468 e. The van der Waals surface area contributed by atoms with Crippen molar-refractivity contribution in [1.82, 2.24) is 5.32 Å². The van der Waals surface area contributed by atoms with Crippen LogP contribution in [0.4, 0.5) is 0 Å². The highest BCUT2D eigenvalue weighted by Gasteiger charge is 2.54. The van der Waals surface area contributed by atoms with Crippen molar-refractivity contribution in [1.29, 1.82) is 0 Å². The Kier molecular flexibility index (Phi) is 3.85. The molecule has 0 aromatic heterocycles. The van der Waals surface area contributed by atoms with E-state index in [-0.39, 0.29) is 24.5 Å². The van der Waals surface area contributed by atoms with E-state index >= 15 is 0 Å². The van der Waals surface area contributed by atoms with Crippen LogP contribution in [0.2, 0.25) is 0 Å². The summed E-state index contributed by atoms with van der Waals surface area (Å²) in [4.78, 5) is 24.0. The highest BCUT2D eigenvalue weighted by atomic mass is 16.5. The van der Waals surface area contributed by atoms with Gasteiger partial charge in [0.05, 0.1) is 20.3 Å². The molecule has 2 fully saturated rings. The Morgan fingerprint density at radius 2 is 2.00 bits per heavy atom. The summed E-state index contributed by atoms with van der Waals surface area (Å²) in [5.41, 5.74) is -1.04. The van der Waals surface area contributed by atoms with Gasteiger partial charge in [-0.05, 0) is 24.2 Å². The van der Waals surface area contributed by atoms with Crippen molar-refractivity contribution in [3.63, 3.8) is 0 Å².